The Labute approximate surface area is 95.5 Å². The van der Waals surface area contributed by atoms with Gasteiger partial charge in [-0.15, -0.1) is 0 Å². The van der Waals surface area contributed by atoms with Crippen LogP contribution in [0.25, 0.3) is 0 Å². The van der Waals surface area contributed by atoms with E-state index < -0.39 is 6.10 Å². The topological polar surface area (TPSA) is 33.1 Å². The maximum absolute atomic E-state index is 13.0. The first-order chi connectivity index (χ1) is 7.48. The molecule has 1 aromatic rings. The van der Waals surface area contributed by atoms with E-state index in [2.05, 4.69) is 18.8 Å². The molecule has 0 unspecified atom stereocenters. The maximum atomic E-state index is 13.0. The van der Waals surface area contributed by atoms with Crippen molar-refractivity contribution in [2.45, 2.75) is 39.2 Å². The van der Waals surface area contributed by atoms with Crippen LogP contribution < -0.4 is 0 Å². The molecule has 16 heavy (non-hydrogen) atoms. The van der Waals surface area contributed by atoms with Gasteiger partial charge in [0, 0.05) is 11.8 Å². The summed E-state index contributed by atoms with van der Waals surface area (Å²) in [4.78, 5) is 3.78. The number of aliphatic hydroxyl groups is 1. The van der Waals surface area contributed by atoms with Gasteiger partial charge in [-0.05, 0) is 36.7 Å². The lowest BCUT2D eigenvalue weighted by atomic mass is 9.88. The third-order valence-corrected chi connectivity index (χ3v) is 3.52. The Morgan fingerprint density at radius 1 is 1.50 bits per heavy atom. The fraction of sp³-hybridized carbons (Fsp3) is 0.615. The molecule has 2 nitrogen and oxygen atoms in total. The second-order valence-electron chi connectivity index (χ2n) is 5.55. The molecular formula is C13H18FNO. The molecule has 0 amide bonds. The van der Waals surface area contributed by atoms with Crippen LogP contribution >= 0.6 is 0 Å². The van der Waals surface area contributed by atoms with Crippen LogP contribution in [0.2, 0.25) is 0 Å². The van der Waals surface area contributed by atoms with Gasteiger partial charge in [-0.25, -0.2) is 4.39 Å². The molecule has 1 heterocycles. The van der Waals surface area contributed by atoms with Crippen molar-refractivity contribution >= 4 is 0 Å². The van der Waals surface area contributed by atoms with Crippen molar-refractivity contribution in [3.05, 3.63) is 29.8 Å². The van der Waals surface area contributed by atoms with E-state index in [9.17, 15) is 9.50 Å². The van der Waals surface area contributed by atoms with Gasteiger partial charge < -0.3 is 5.11 Å². The van der Waals surface area contributed by atoms with Gasteiger partial charge in [0.15, 0.2) is 0 Å². The fourth-order valence-electron chi connectivity index (χ4n) is 2.62. The van der Waals surface area contributed by atoms with Crippen LogP contribution in [0, 0.1) is 17.2 Å². The monoisotopic (exact) mass is 223 g/mol. The number of hydrogen-bond acceptors (Lipinski definition) is 2. The molecule has 2 rings (SSSR count). The van der Waals surface area contributed by atoms with Gasteiger partial charge in [-0.1, -0.05) is 13.8 Å². The highest BCUT2D eigenvalue weighted by molar-refractivity contribution is 5.14. The maximum Gasteiger partial charge on any atom is 0.141 e. The molecule has 0 radical (unpaired) electrons. The summed E-state index contributed by atoms with van der Waals surface area (Å²) in [5.74, 6) is -0.146. The minimum atomic E-state index is -0.579. The van der Waals surface area contributed by atoms with E-state index in [0.29, 0.717) is 11.0 Å². The number of aliphatic hydroxyl groups excluding tert-OH is 1. The Morgan fingerprint density at radius 3 is 2.81 bits per heavy atom. The van der Waals surface area contributed by atoms with Crippen molar-refractivity contribution in [2.24, 2.45) is 11.3 Å². The SMILES string of the molecule is CC1(C)CC[C@H]([C@@H](O)c2cncc(F)c2)C1. The van der Waals surface area contributed by atoms with Gasteiger partial charge in [-0.3, -0.25) is 4.98 Å². The number of nitrogens with zero attached hydrogens (tertiary/aromatic N) is 1. The Bertz CT molecular complexity index is 378. The minimum Gasteiger partial charge on any atom is -0.388 e. The smallest absolute Gasteiger partial charge is 0.141 e. The normalized spacial score (nSPS) is 25.6. The third kappa shape index (κ3) is 2.40. The molecule has 88 valence electrons. The Balaban J connectivity index is 2.11. The van der Waals surface area contributed by atoms with Crippen molar-refractivity contribution in [3.63, 3.8) is 0 Å². The standard InChI is InChI=1S/C13H18FNO/c1-13(2)4-3-9(6-13)12(16)10-5-11(14)8-15-7-10/h5,7-9,12,16H,3-4,6H2,1-2H3/t9-,12+/m0/s1. The van der Waals surface area contributed by atoms with Gasteiger partial charge in [0.25, 0.3) is 0 Å². The molecule has 0 bridgehead atoms. The van der Waals surface area contributed by atoms with E-state index in [1.165, 1.54) is 6.07 Å². The number of hydrogen-bond donors (Lipinski definition) is 1. The van der Waals surface area contributed by atoms with Crippen LogP contribution in [0.5, 0.6) is 0 Å². The molecule has 0 spiro atoms. The van der Waals surface area contributed by atoms with Crippen molar-refractivity contribution in [1.29, 1.82) is 0 Å². The van der Waals surface area contributed by atoms with Gasteiger partial charge in [0.05, 0.1) is 12.3 Å². The molecule has 1 saturated carbocycles. The van der Waals surface area contributed by atoms with E-state index in [1.807, 2.05) is 0 Å². The zero-order valence-corrected chi connectivity index (χ0v) is 9.78. The van der Waals surface area contributed by atoms with E-state index >= 15 is 0 Å². The van der Waals surface area contributed by atoms with Crippen LogP contribution in [0.4, 0.5) is 4.39 Å². The molecule has 0 aromatic carbocycles. The Hall–Kier alpha value is -0.960. The average molecular weight is 223 g/mol. The van der Waals surface area contributed by atoms with E-state index in [1.54, 1.807) is 6.20 Å². The highest BCUT2D eigenvalue weighted by Gasteiger charge is 2.35. The van der Waals surface area contributed by atoms with Gasteiger partial charge in [0.1, 0.15) is 5.82 Å². The molecule has 1 aliphatic rings. The van der Waals surface area contributed by atoms with Crippen LogP contribution in [0.3, 0.4) is 0 Å². The summed E-state index contributed by atoms with van der Waals surface area (Å²) in [7, 11) is 0. The molecule has 1 fully saturated rings. The highest BCUT2D eigenvalue weighted by atomic mass is 19.1. The Morgan fingerprint density at radius 2 is 2.25 bits per heavy atom. The van der Waals surface area contributed by atoms with E-state index in [0.717, 1.165) is 25.5 Å². The van der Waals surface area contributed by atoms with Gasteiger partial charge in [-0.2, -0.15) is 0 Å². The molecule has 1 aromatic heterocycles. The lowest BCUT2D eigenvalue weighted by molar-refractivity contribution is 0.104. The number of pyridine rings is 1. The van der Waals surface area contributed by atoms with Crippen molar-refractivity contribution in [3.8, 4) is 0 Å². The zero-order chi connectivity index (χ0) is 11.8. The summed E-state index contributed by atoms with van der Waals surface area (Å²) < 4.78 is 13.0. The van der Waals surface area contributed by atoms with Gasteiger partial charge >= 0.3 is 0 Å². The second kappa shape index (κ2) is 4.13. The summed E-state index contributed by atoms with van der Waals surface area (Å²) in [6.07, 6.45) is 5.26. The molecule has 0 saturated heterocycles. The average Bonchev–Trinajstić information content (AvgIpc) is 2.58. The summed E-state index contributed by atoms with van der Waals surface area (Å²) in [5.41, 5.74) is 0.898. The predicted molar refractivity (Wildman–Crippen MR) is 60.3 cm³/mol. The molecule has 3 heteroatoms. The lowest BCUT2D eigenvalue weighted by Crippen LogP contribution is -2.12. The van der Waals surface area contributed by atoms with Crippen molar-refractivity contribution in [1.82, 2.24) is 4.98 Å². The summed E-state index contributed by atoms with van der Waals surface area (Å²) >= 11 is 0. The molecule has 1 aliphatic carbocycles. The van der Waals surface area contributed by atoms with Crippen LogP contribution in [0.1, 0.15) is 44.8 Å². The van der Waals surface area contributed by atoms with Crippen molar-refractivity contribution < 1.29 is 9.50 Å². The fourth-order valence-corrected chi connectivity index (χ4v) is 2.62. The van der Waals surface area contributed by atoms with Crippen LogP contribution in [-0.4, -0.2) is 10.1 Å². The largest absolute Gasteiger partial charge is 0.388 e. The van der Waals surface area contributed by atoms with Crippen molar-refractivity contribution in [2.75, 3.05) is 0 Å². The predicted octanol–water partition coefficient (Wildman–Crippen LogP) is 3.08. The third-order valence-electron chi connectivity index (χ3n) is 3.52. The lowest BCUT2D eigenvalue weighted by Gasteiger charge is -2.21. The van der Waals surface area contributed by atoms with Gasteiger partial charge in [0.2, 0.25) is 0 Å². The molecule has 1 N–H and O–H groups in total. The number of aromatic nitrogens is 1. The summed E-state index contributed by atoms with van der Waals surface area (Å²) in [6.45, 7) is 4.42. The first kappa shape index (κ1) is 11.5. The Kier molecular flexibility index (Phi) is 2.98. The molecule has 0 aliphatic heterocycles. The molecular weight excluding hydrogens is 205 g/mol. The highest BCUT2D eigenvalue weighted by Crippen LogP contribution is 2.45. The molecule has 2 atom stereocenters. The number of rotatable bonds is 2. The van der Waals surface area contributed by atoms with E-state index in [-0.39, 0.29) is 11.7 Å². The van der Waals surface area contributed by atoms with Crippen LogP contribution in [0.15, 0.2) is 18.5 Å². The van der Waals surface area contributed by atoms with E-state index in [4.69, 9.17) is 0 Å². The van der Waals surface area contributed by atoms with Crippen LogP contribution in [-0.2, 0) is 0 Å². The number of halogens is 1. The minimum absolute atomic E-state index is 0.235. The summed E-state index contributed by atoms with van der Waals surface area (Å²) in [6, 6.07) is 1.38. The summed E-state index contributed by atoms with van der Waals surface area (Å²) in [5, 5.41) is 10.2. The second-order valence-corrected chi connectivity index (χ2v) is 5.55. The quantitative estimate of drug-likeness (QED) is 0.835. The first-order valence-electron chi connectivity index (χ1n) is 5.76. The first-order valence-corrected chi connectivity index (χ1v) is 5.76. The zero-order valence-electron chi connectivity index (χ0n) is 9.78.